The SMILES string of the molecule is CCn1cnc(S(=O)(=O)N2CCC[C@@H](C(=O)NCCC3=CCCCC3)C2)c1. The first-order valence-electron chi connectivity index (χ1n) is 9.98. The molecule has 1 N–H and O–H groups in total. The monoisotopic (exact) mass is 394 g/mol. The largest absolute Gasteiger partial charge is 0.356 e. The molecular formula is C19H30N4O3S. The molecule has 1 aliphatic carbocycles. The van der Waals surface area contributed by atoms with Crippen LogP contribution in [0.3, 0.4) is 0 Å². The van der Waals surface area contributed by atoms with Crippen molar-refractivity contribution in [3.8, 4) is 0 Å². The Labute approximate surface area is 161 Å². The molecule has 0 aromatic carbocycles. The first kappa shape index (κ1) is 20.1. The normalized spacial score (nSPS) is 21.7. The minimum atomic E-state index is -3.64. The van der Waals surface area contributed by atoms with Crippen LogP contribution >= 0.6 is 0 Å². The third kappa shape index (κ3) is 4.99. The maximum Gasteiger partial charge on any atom is 0.262 e. The number of rotatable bonds is 7. The van der Waals surface area contributed by atoms with Crippen LogP contribution in [0, 0.1) is 5.92 Å². The first-order chi connectivity index (χ1) is 13.0. The Balaban J connectivity index is 1.55. The van der Waals surface area contributed by atoms with E-state index in [9.17, 15) is 13.2 Å². The lowest BCUT2D eigenvalue weighted by Gasteiger charge is -2.30. The highest BCUT2D eigenvalue weighted by atomic mass is 32.2. The molecule has 0 saturated carbocycles. The molecule has 2 heterocycles. The van der Waals surface area contributed by atoms with Crippen LogP contribution in [-0.4, -0.2) is 47.8 Å². The van der Waals surface area contributed by atoms with Gasteiger partial charge in [-0.1, -0.05) is 11.6 Å². The summed E-state index contributed by atoms with van der Waals surface area (Å²) >= 11 is 0. The summed E-state index contributed by atoms with van der Waals surface area (Å²) in [5, 5.41) is 3.07. The summed E-state index contributed by atoms with van der Waals surface area (Å²) in [5.41, 5.74) is 1.43. The maximum absolute atomic E-state index is 12.8. The van der Waals surface area contributed by atoms with Crippen molar-refractivity contribution in [2.75, 3.05) is 19.6 Å². The minimum absolute atomic E-state index is 0.0367. The minimum Gasteiger partial charge on any atom is -0.356 e. The zero-order valence-electron chi connectivity index (χ0n) is 16.1. The average molecular weight is 395 g/mol. The molecule has 1 amide bonds. The third-order valence-electron chi connectivity index (χ3n) is 5.46. The van der Waals surface area contributed by atoms with E-state index in [0.717, 1.165) is 25.7 Å². The Morgan fingerprint density at radius 3 is 2.89 bits per heavy atom. The van der Waals surface area contributed by atoms with Crippen LogP contribution in [0.15, 0.2) is 29.2 Å². The van der Waals surface area contributed by atoms with Crippen molar-refractivity contribution in [2.45, 2.75) is 63.4 Å². The van der Waals surface area contributed by atoms with Crippen molar-refractivity contribution < 1.29 is 13.2 Å². The van der Waals surface area contributed by atoms with Gasteiger partial charge in [0.05, 0.1) is 12.2 Å². The molecule has 0 spiro atoms. The second-order valence-electron chi connectivity index (χ2n) is 7.39. The molecule has 1 aromatic rings. The second-order valence-corrected chi connectivity index (χ2v) is 9.28. The number of hydrogen-bond acceptors (Lipinski definition) is 4. The van der Waals surface area contributed by atoms with E-state index < -0.39 is 10.0 Å². The van der Waals surface area contributed by atoms with Crippen molar-refractivity contribution in [3.63, 3.8) is 0 Å². The van der Waals surface area contributed by atoms with Gasteiger partial charge in [-0.2, -0.15) is 4.31 Å². The molecule has 0 bridgehead atoms. The van der Waals surface area contributed by atoms with E-state index in [2.05, 4.69) is 16.4 Å². The third-order valence-corrected chi connectivity index (χ3v) is 7.22. The molecule has 0 unspecified atom stereocenters. The molecule has 1 aliphatic heterocycles. The van der Waals surface area contributed by atoms with E-state index in [1.54, 1.807) is 10.8 Å². The van der Waals surface area contributed by atoms with E-state index in [1.165, 1.54) is 29.0 Å². The summed E-state index contributed by atoms with van der Waals surface area (Å²) in [6.45, 7) is 3.91. The van der Waals surface area contributed by atoms with Gasteiger partial charge in [-0.25, -0.2) is 13.4 Å². The Hall–Kier alpha value is -1.67. The Morgan fingerprint density at radius 1 is 1.33 bits per heavy atom. The number of nitrogens with one attached hydrogen (secondary N) is 1. The van der Waals surface area contributed by atoms with Crippen LogP contribution in [0.25, 0.3) is 0 Å². The van der Waals surface area contributed by atoms with Crippen molar-refractivity contribution in [3.05, 3.63) is 24.2 Å². The highest BCUT2D eigenvalue weighted by molar-refractivity contribution is 7.89. The van der Waals surface area contributed by atoms with E-state index in [-0.39, 0.29) is 23.4 Å². The van der Waals surface area contributed by atoms with Crippen LogP contribution in [-0.2, 0) is 21.4 Å². The molecule has 1 aromatic heterocycles. The number of allylic oxidation sites excluding steroid dienone is 1. The fourth-order valence-corrected chi connectivity index (χ4v) is 5.23. The molecule has 8 heteroatoms. The molecule has 1 fully saturated rings. The number of carbonyl (C=O) groups is 1. The Morgan fingerprint density at radius 2 is 2.19 bits per heavy atom. The van der Waals surface area contributed by atoms with Gasteiger partial charge in [0, 0.05) is 32.4 Å². The summed E-state index contributed by atoms with van der Waals surface area (Å²) in [5.74, 6) is -0.326. The van der Waals surface area contributed by atoms with Crippen LogP contribution in [0.1, 0.15) is 51.9 Å². The van der Waals surface area contributed by atoms with Gasteiger partial charge in [-0.3, -0.25) is 4.79 Å². The van der Waals surface area contributed by atoms with Crippen LogP contribution in [0.2, 0.25) is 0 Å². The van der Waals surface area contributed by atoms with Gasteiger partial charge in [0.25, 0.3) is 10.0 Å². The van der Waals surface area contributed by atoms with E-state index >= 15 is 0 Å². The molecule has 7 nitrogen and oxygen atoms in total. The van der Waals surface area contributed by atoms with E-state index in [1.807, 2.05) is 6.92 Å². The topological polar surface area (TPSA) is 84.3 Å². The second kappa shape index (κ2) is 9.01. The number of aromatic nitrogens is 2. The molecule has 27 heavy (non-hydrogen) atoms. The number of piperidine rings is 1. The van der Waals surface area contributed by atoms with Crippen molar-refractivity contribution in [1.82, 2.24) is 19.2 Å². The number of nitrogens with zero attached hydrogens (tertiary/aromatic N) is 3. The number of sulfonamides is 1. The van der Waals surface area contributed by atoms with Crippen molar-refractivity contribution in [2.24, 2.45) is 5.92 Å². The van der Waals surface area contributed by atoms with Gasteiger partial charge in [-0.05, 0) is 51.9 Å². The van der Waals surface area contributed by atoms with E-state index in [4.69, 9.17) is 0 Å². The van der Waals surface area contributed by atoms with Gasteiger partial charge in [0.1, 0.15) is 0 Å². The van der Waals surface area contributed by atoms with Crippen molar-refractivity contribution in [1.29, 1.82) is 0 Å². The summed E-state index contributed by atoms with van der Waals surface area (Å²) in [4.78, 5) is 16.6. The fraction of sp³-hybridized carbons (Fsp3) is 0.684. The smallest absolute Gasteiger partial charge is 0.262 e. The lowest BCUT2D eigenvalue weighted by Crippen LogP contribution is -2.45. The van der Waals surface area contributed by atoms with Gasteiger partial charge in [0.2, 0.25) is 5.91 Å². The predicted molar refractivity (Wildman–Crippen MR) is 104 cm³/mol. The molecule has 1 saturated heterocycles. The Kier molecular flexibility index (Phi) is 6.70. The molecule has 0 radical (unpaired) electrons. The summed E-state index contributed by atoms with van der Waals surface area (Å²) < 4.78 is 28.8. The molecule has 2 aliphatic rings. The molecule has 150 valence electrons. The lowest BCUT2D eigenvalue weighted by molar-refractivity contribution is -0.126. The number of imidazole rings is 1. The summed E-state index contributed by atoms with van der Waals surface area (Å²) in [6, 6.07) is 0. The highest BCUT2D eigenvalue weighted by Gasteiger charge is 2.34. The summed E-state index contributed by atoms with van der Waals surface area (Å²) in [6.07, 6.45) is 12.5. The summed E-state index contributed by atoms with van der Waals surface area (Å²) in [7, 11) is -3.64. The zero-order chi connectivity index (χ0) is 19.3. The quantitative estimate of drug-likeness (QED) is 0.719. The van der Waals surface area contributed by atoms with Gasteiger partial charge >= 0.3 is 0 Å². The average Bonchev–Trinajstić information content (AvgIpc) is 3.19. The van der Waals surface area contributed by atoms with Gasteiger partial charge < -0.3 is 9.88 Å². The number of carbonyl (C=O) groups excluding carboxylic acids is 1. The standard InChI is InChI=1S/C19H30N4O3S/c1-2-22-14-18(21-15-22)27(25,26)23-12-6-9-17(13-23)19(24)20-11-10-16-7-4-3-5-8-16/h7,14-15,17H,2-6,8-13H2,1H3,(H,20,24)/t17-/m1/s1. The number of aryl methyl sites for hydroxylation is 1. The fourth-order valence-electron chi connectivity index (χ4n) is 3.78. The first-order valence-corrected chi connectivity index (χ1v) is 11.4. The number of hydrogen-bond donors (Lipinski definition) is 1. The molecule has 1 atom stereocenters. The highest BCUT2D eigenvalue weighted by Crippen LogP contribution is 2.23. The molecular weight excluding hydrogens is 364 g/mol. The Bertz CT molecular complexity index is 785. The lowest BCUT2D eigenvalue weighted by atomic mass is 9.96. The number of amides is 1. The zero-order valence-corrected chi connectivity index (χ0v) is 16.9. The van der Waals surface area contributed by atoms with Crippen molar-refractivity contribution >= 4 is 15.9 Å². The van der Waals surface area contributed by atoms with E-state index in [0.29, 0.717) is 26.1 Å². The predicted octanol–water partition coefficient (Wildman–Crippen LogP) is 2.31. The van der Waals surface area contributed by atoms with Gasteiger partial charge in [-0.15, -0.1) is 0 Å². The van der Waals surface area contributed by atoms with Crippen LogP contribution in [0.5, 0.6) is 0 Å². The van der Waals surface area contributed by atoms with Gasteiger partial charge in [0.15, 0.2) is 5.03 Å². The maximum atomic E-state index is 12.8. The molecule has 3 rings (SSSR count). The van der Waals surface area contributed by atoms with Crippen LogP contribution < -0.4 is 5.32 Å². The van der Waals surface area contributed by atoms with Crippen LogP contribution in [0.4, 0.5) is 0 Å².